The highest BCUT2D eigenvalue weighted by Gasteiger charge is 2.16. The van der Waals surface area contributed by atoms with Crippen molar-refractivity contribution in [2.75, 3.05) is 5.32 Å². The number of hydrogen-bond donors (Lipinski definition) is 1. The van der Waals surface area contributed by atoms with Crippen LogP contribution >= 0.6 is 11.6 Å². The van der Waals surface area contributed by atoms with E-state index in [4.69, 9.17) is 11.6 Å². The maximum atomic E-state index is 12.5. The van der Waals surface area contributed by atoms with Crippen LogP contribution in [-0.2, 0) is 0 Å². The average Bonchev–Trinajstić information content (AvgIpc) is 3.08. The van der Waals surface area contributed by atoms with Crippen molar-refractivity contribution >= 4 is 34.5 Å². The zero-order valence-corrected chi connectivity index (χ0v) is 15.8. The number of rotatable bonds is 4. The molecule has 0 spiro atoms. The fourth-order valence-electron chi connectivity index (χ4n) is 2.80. The number of nitrogens with zero attached hydrogens (tertiary/aromatic N) is 5. The Morgan fingerprint density at radius 3 is 2.76 bits per heavy atom. The second-order valence-electron chi connectivity index (χ2n) is 6.19. The van der Waals surface area contributed by atoms with Crippen LogP contribution in [-0.4, -0.2) is 30.6 Å². The number of nitrogens with one attached hydrogen (secondary N) is 1. The molecule has 0 atom stereocenters. The quantitative estimate of drug-likeness (QED) is 0.404. The van der Waals surface area contributed by atoms with Crippen LogP contribution < -0.4 is 5.32 Å². The molecule has 0 unspecified atom stereocenters. The van der Waals surface area contributed by atoms with Gasteiger partial charge in [-0.05, 0) is 43.3 Å². The third-order valence-electron chi connectivity index (χ3n) is 4.24. The van der Waals surface area contributed by atoms with Gasteiger partial charge in [-0.15, -0.1) is 10.2 Å². The van der Waals surface area contributed by atoms with Crippen LogP contribution in [0.2, 0.25) is 5.02 Å². The summed E-state index contributed by atoms with van der Waals surface area (Å²) in [5.74, 6) is 0.177. The number of nitro groups is 1. The van der Waals surface area contributed by atoms with E-state index in [1.54, 1.807) is 35.7 Å². The molecule has 0 aliphatic heterocycles. The fraction of sp³-hybridized carbons (Fsp3) is 0.0526. The molecular formula is C19H13ClN6O3. The Hall–Kier alpha value is -3.85. The smallest absolute Gasteiger partial charge is 0.288 e. The number of amides is 1. The van der Waals surface area contributed by atoms with Gasteiger partial charge in [-0.25, -0.2) is 0 Å². The second kappa shape index (κ2) is 7.28. The summed E-state index contributed by atoms with van der Waals surface area (Å²) in [6.45, 7) is 1.80. The first-order valence-electron chi connectivity index (χ1n) is 8.47. The number of hydrogen-bond acceptors (Lipinski definition) is 6. The zero-order chi connectivity index (χ0) is 20.5. The molecule has 2 aromatic heterocycles. The van der Waals surface area contributed by atoms with Crippen molar-refractivity contribution in [3.63, 3.8) is 0 Å². The highest BCUT2D eigenvalue weighted by atomic mass is 35.5. The molecule has 0 saturated heterocycles. The molecule has 29 heavy (non-hydrogen) atoms. The molecule has 1 amide bonds. The molecule has 4 rings (SSSR count). The second-order valence-corrected chi connectivity index (χ2v) is 6.60. The minimum absolute atomic E-state index is 0.0284. The Morgan fingerprint density at radius 1 is 1.14 bits per heavy atom. The van der Waals surface area contributed by atoms with Crippen LogP contribution in [0.5, 0.6) is 0 Å². The van der Waals surface area contributed by atoms with Crippen molar-refractivity contribution in [3.05, 3.63) is 81.1 Å². The van der Waals surface area contributed by atoms with Crippen molar-refractivity contribution in [1.82, 2.24) is 19.8 Å². The molecule has 0 bridgehead atoms. The number of carbonyl (C=O) groups excluding carboxylic acids is 1. The van der Waals surface area contributed by atoms with Gasteiger partial charge in [0.25, 0.3) is 11.6 Å². The summed E-state index contributed by atoms with van der Waals surface area (Å²) >= 11 is 5.80. The summed E-state index contributed by atoms with van der Waals surface area (Å²) in [5, 5.41) is 26.2. The van der Waals surface area contributed by atoms with Gasteiger partial charge in [0.05, 0.1) is 10.6 Å². The van der Waals surface area contributed by atoms with Crippen molar-refractivity contribution in [2.45, 2.75) is 6.92 Å². The standard InChI is InChI=1S/C19H13ClN6O3/c1-11-22-23-18-8-7-16(24-25(11)18)12-3-2-4-14(9-12)21-19(27)13-5-6-15(20)17(10-13)26(28)29/h2-10H,1H3,(H,21,27). The first-order chi connectivity index (χ1) is 13.9. The van der Waals surface area contributed by atoms with Crippen molar-refractivity contribution in [3.8, 4) is 11.3 Å². The Bertz CT molecular complexity index is 1270. The molecule has 2 heterocycles. The van der Waals surface area contributed by atoms with Crippen LogP contribution in [0.15, 0.2) is 54.6 Å². The maximum Gasteiger partial charge on any atom is 0.288 e. The molecule has 10 heteroatoms. The van der Waals surface area contributed by atoms with Crippen LogP contribution in [0.25, 0.3) is 16.9 Å². The van der Waals surface area contributed by atoms with E-state index in [0.717, 1.165) is 11.6 Å². The number of aryl methyl sites for hydroxylation is 1. The lowest BCUT2D eigenvalue weighted by Gasteiger charge is -2.08. The van der Waals surface area contributed by atoms with E-state index in [9.17, 15) is 14.9 Å². The SMILES string of the molecule is Cc1nnc2ccc(-c3cccc(NC(=O)c4ccc(Cl)c([N+](=O)[O-])c4)c3)nn12. The Morgan fingerprint density at radius 2 is 1.97 bits per heavy atom. The molecule has 0 aliphatic rings. The Balaban J connectivity index is 1.62. The van der Waals surface area contributed by atoms with Gasteiger partial charge in [-0.3, -0.25) is 14.9 Å². The van der Waals surface area contributed by atoms with E-state index in [2.05, 4.69) is 20.6 Å². The topological polar surface area (TPSA) is 115 Å². The monoisotopic (exact) mass is 408 g/mol. The van der Waals surface area contributed by atoms with E-state index in [1.165, 1.54) is 12.1 Å². The summed E-state index contributed by atoms with van der Waals surface area (Å²) in [7, 11) is 0. The Kier molecular flexibility index (Phi) is 4.65. The molecule has 9 nitrogen and oxygen atoms in total. The first-order valence-corrected chi connectivity index (χ1v) is 8.85. The van der Waals surface area contributed by atoms with Gasteiger partial charge in [-0.2, -0.15) is 9.61 Å². The van der Waals surface area contributed by atoms with Crippen LogP contribution in [0.3, 0.4) is 0 Å². The molecule has 4 aromatic rings. The molecular weight excluding hydrogens is 396 g/mol. The van der Waals surface area contributed by atoms with Crippen molar-refractivity contribution in [1.29, 1.82) is 0 Å². The predicted molar refractivity (Wildman–Crippen MR) is 107 cm³/mol. The van der Waals surface area contributed by atoms with Gasteiger partial charge in [0.1, 0.15) is 5.02 Å². The number of carbonyl (C=O) groups is 1. The van der Waals surface area contributed by atoms with Crippen LogP contribution in [0.4, 0.5) is 11.4 Å². The van der Waals surface area contributed by atoms with Crippen molar-refractivity contribution < 1.29 is 9.72 Å². The molecule has 144 valence electrons. The van der Waals surface area contributed by atoms with Crippen LogP contribution in [0, 0.1) is 17.0 Å². The maximum absolute atomic E-state index is 12.5. The molecule has 0 saturated carbocycles. The summed E-state index contributed by atoms with van der Waals surface area (Å²) in [6.07, 6.45) is 0. The predicted octanol–water partition coefficient (Wildman–Crippen LogP) is 3.91. The van der Waals surface area contributed by atoms with E-state index in [0.29, 0.717) is 22.9 Å². The number of halogens is 1. The molecule has 1 N–H and O–H groups in total. The van der Waals surface area contributed by atoms with E-state index in [1.807, 2.05) is 12.1 Å². The molecule has 0 aliphatic carbocycles. The fourth-order valence-corrected chi connectivity index (χ4v) is 2.99. The Labute approximate surface area is 169 Å². The number of aromatic nitrogens is 4. The van der Waals surface area contributed by atoms with E-state index in [-0.39, 0.29) is 16.3 Å². The molecule has 2 aromatic carbocycles. The molecule has 0 fully saturated rings. The summed E-state index contributed by atoms with van der Waals surface area (Å²) < 4.78 is 1.63. The minimum Gasteiger partial charge on any atom is -0.322 e. The third-order valence-corrected chi connectivity index (χ3v) is 4.56. The highest BCUT2D eigenvalue weighted by molar-refractivity contribution is 6.32. The van der Waals surface area contributed by atoms with E-state index >= 15 is 0 Å². The number of nitro benzene ring substituents is 1. The zero-order valence-electron chi connectivity index (χ0n) is 15.0. The molecule has 0 radical (unpaired) electrons. The normalized spacial score (nSPS) is 10.8. The lowest BCUT2D eigenvalue weighted by molar-refractivity contribution is -0.384. The van der Waals surface area contributed by atoms with E-state index < -0.39 is 10.8 Å². The van der Waals surface area contributed by atoms with Gasteiger partial charge in [0.2, 0.25) is 0 Å². The summed E-state index contributed by atoms with van der Waals surface area (Å²) in [4.78, 5) is 22.9. The van der Waals surface area contributed by atoms with Gasteiger partial charge in [0, 0.05) is 22.9 Å². The average molecular weight is 409 g/mol. The largest absolute Gasteiger partial charge is 0.322 e. The lowest BCUT2D eigenvalue weighted by atomic mass is 10.1. The van der Waals surface area contributed by atoms with Gasteiger partial charge in [-0.1, -0.05) is 23.7 Å². The third kappa shape index (κ3) is 3.63. The highest BCUT2D eigenvalue weighted by Crippen LogP contribution is 2.26. The summed E-state index contributed by atoms with van der Waals surface area (Å²) in [6, 6.07) is 14.6. The summed E-state index contributed by atoms with van der Waals surface area (Å²) in [5.41, 5.74) is 2.42. The first kappa shape index (κ1) is 18.5. The minimum atomic E-state index is -0.630. The number of fused-ring (bicyclic) bond motifs is 1. The van der Waals surface area contributed by atoms with Crippen molar-refractivity contribution in [2.24, 2.45) is 0 Å². The van der Waals surface area contributed by atoms with Gasteiger partial charge >= 0.3 is 0 Å². The van der Waals surface area contributed by atoms with Gasteiger partial charge < -0.3 is 5.32 Å². The van der Waals surface area contributed by atoms with Crippen LogP contribution in [0.1, 0.15) is 16.2 Å². The van der Waals surface area contributed by atoms with Gasteiger partial charge in [0.15, 0.2) is 11.5 Å². The number of anilines is 1. The lowest BCUT2D eigenvalue weighted by Crippen LogP contribution is -2.12. The number of benzene rings is 2.